The number of hydrogen-bond donors (Lipinski definition) is 1. The summed E-state index contributed by atoms with van der Waals surface area (Å²) in [5.41, 5.74) is 1.87. The van der Waals surface area contributed by atoms with Gasteiger partial charge >= 0.3 is 5.69 Å². The zero-order valence-corrected chi connectivity index (χ0v) is 16.1. The van der Waals surface area contributed by atoms with Crippen LogP contribution in [0.4, 0.5) is 5.69 Å². The molecule has 30 heavy (non-hydrogen) atoms. The highest BCUT2D eigenvalue weighted by Gasteiger charge is 2.16. The first-order valence-corrected chi connectivity index (χ1v) is 9.29. The minimum Gasteiger partial charge on any atom is -0.454 e. The van der Waals surface area contributed by atoms with Gasteiger partial charge in [0.2, 0.25) is 0 Å². The highest BCUT2D eigenvalue weighted by molar-refractivity contribution is 5.91. The molecule has 0 aliphatic heterocycles. The zero-order valence-electron chi connectivity index (χ0n) is 16.1. The van der Waals surface area contributed by atoms with Gasteiger partial charge in [-0.05, 0) is 48.9 Å². The second kappa shape index (κ2) is 8.08. The summed E-state index contributed by atoms with van der Waals surface area (Å²) in [5.74, 6) is 0.298. The molecule has 0 fully saturated rings. The maximum Gasteiger partial charge on any atom is 0.307 e. The average molecular weight is 405 g/mol. The first-order chi connectivity index (χ1) is 14.5. The Hall–Kier alpha value is -4.14. The molecule has 0 saturated heterocycles. The second-order valence-electron chi connectivity index (χ2n) is 6.80. The molecule has 9 heteroatoms. The fourth-order valence-electron chi connectivity index (χ4n) is 3.09. The summed E-state index contributed by atoms with van der Waals surface area (Å²) in [5, 5.41) is 17.6. The summed E-state index contributed by atoms with van der Waals surface area (Å²) in [7, 11) is 0. The third-order valence-electron chi connectivity index (χ3n) is 4.65. The summed E-state index contributed by atoms with van der Waals surface area (Å²) in [4.78, 5) is 22.8. The molecule has 1 unspecified atom stereocenters. The quantitative estimate of drug-likeness (QED) is 0.372. The first-order valence-electron chi connectivity index (χ1n) is 9.29. The van der Waals surface area contributed by atoms with Crippen LogP contribution < -0.4 is 5.32 Å². The Labute approximate surface area is 171 Å². The summed E-state index contributed by atoms with van der Waals surface area (Å²) in [6, 6.07) is 14.8. The van der Waals surface area contributed by atoms with Crippen LogP contribution in [0.1, 0.15) is 34.8 Å². The van der Waals surface area contributed by atoms with Crippen LogP contribution in [0.15, 0.2) is 77.7 Å². The highest BCUT2D eigenvalue weighted by Crippen LogP contribution is 2.19. The van der Waals surface area contributed by atoms with Gasteiger partial charge in [-0.3, -0.25) is 19.6 Å². The van der Waals surface area contributed by atoms with Gasteiger partial charge in [-0.15, -0.1) is 0 Å². The predicted molar refractivity (Wildman–Crippen MR) is 108 cm³/mol. The minimum absolute atomic E-state index is 0.101. The Bertz CT molecular complexity index is 1180. The van der Waals surface area contributed by atoms with E-state index >= 15 is 0 Å². The number of nitrogens with one attached hydrogen (secondary N) is 1. The topological polar surface area (TPSA) is 108 Å². The van der Waals surface area contributed by atoms with Crippen LogP contribution in [0.5, 0.6) is 0 Å². The SMILES string of the molecule is CC(NC(=O)c1ccc(Cn2cc([N+](=O)[O-])cn2)o1)c1cccc(-n2cccc2)c1. The van der Waals surface area contributed by atoms with E-state index in [1.165, 1.54) is 17.1 Å². The van der Waals surface area contributed by atoms with Crippen molar-refractivity contribution < 1.29 is 14.1 Å². The Balaban J connectivity index is 1.41. The molecule has 152 valence electrons. The number of rotatable bonds is 7. The number of nitrogens with zero attached hydrogens (tertiary/aromatic N) is 4. The van der Waals surface area contributed by atoms with Crippen molar-refractivity contribution in [3.63, 3.8) is 0 Å². The van der Waals surface area contributed by atoms with Gasteiger partial charge in [0.15, 0.2) is 5.76 Å². The number of amides is 1. The fourth-order valence-corrected chi connectivity index (χ4v) is 3.09. The lowest BCUT2D eigenvalue weighted by molar-refractivity contribution is -0.385. The van der Waals surface area contributed by atoms with Crippen LogP contribution in [0, 0.1) is 10.1 Å². The normalized spacial score (nSPS) is 11.9. The van der Waals surface area contributed by atoms with Gasteiger partial charge in [-0.2, -0.15) is 5.10 Å². The van der Waals surface area contributed by atoms with Crippen molar-refractivity contribution in [2.24, 2.45) is 0 Å². The van der Waals surface area contributed by atoms with E-state index in [1.807, 2.05) is 60.3 Å². The van der Waals surface area contributed by atoms with E-state index in [9.17, 15) is 14.9 Å². The minimum atomic E-state index is -0.517. The number of carbonyl (C=O) groups excluding carboxylic acids is 1. The monoisotopic (exact) mass is 405 g/mol. The average Bonchev–Trinajstić information content (AvgIpc) is 3.50. The molecule has 3 heterocycles. The lowest BCUT2D eigenvalue weighted by Gasteiger charge is -2.15. The van der Waals surface area contributed by atoms with Crippen molar-refractivity contribution in [1.29, 1.82) is 0 Å². The molecule has 0 saturated carbocycles. The lowest BCUT2D eigenvalue weighted by Crippen LogP contribution is -2.26. The molecule has 0 aliphatic carbocycles. The van der Waals surface area contributed by atoms with Crippen molar-refractivity contribution >= 4 is 11.6 Å². The molecular weight excluding hydrogens is 386 g/mol. The molecule has 0 spiro atoms. The van der Waals surface area contributed by atoms with Crippen LogP contribution >= 0.6 is 0 Å². The van der Waals surface area contributed by atoms with E-state index in [4.69, 9.17) is 4.42 Å². The number of furan rings is 1. The second-order valence-corrected chi connectivity index (χ2v) is 6.80. The molecule has 9 nitrogen and oxygen atoms in total. The van der Waals surface area contributed by atoms with Crippen molar-refractivity contribution in [2.45, 2.75) is 19.5 Å². The Morgan fingerprint density at radius 2 is 2.03 bits per heavy atom. The Morgan fingerprint density at radius 1 is 1.23 bits per heavy atom. The predicted octanol–water partition coefficient (Wildman–Crippen LogP) is 3.71. The molecule has 1 amide bonds. The van der Waals surface area contributed by atoms with Gasteiger partial charge in [0.05, 0.1) is 17.5 Å². The number of carbonyl (C=O) groups is 1. The highest BCUT2D eigenvalue weighted by atomic mass is 16.6. The fraction of sp³-hybridized carbons (Fsp3) is 0.143. The molecule has 4 aromatic rings. The molecule has 0 bridgehead atoms. The first kappa shape index (κ1) is 19.2. The van der Waals surface area contributed by atoms with E-state index in [0.717, 1.165) is 11.3 Å². The smallest absolute Gasteiger partial charge is 0.307 e. The molecule has 1 aromatic carbocycles. The van der Waals surface area contributed by atoms with E-state index in [-0.39, 0.29) is 29.9 Å². The molecule has 1 N–H and O–H groups in total. The summed E-state index contributed by atoms with van der Waals surface area (Å²) in [6.07, 6.45) is 6.39. The molecule has 4 rings (SSSR count). The van der Waals surface area contributed by atoms with E-state index in [1.54, 1.807) is 12.1 Å². The van der Waals surface area contributed by atoms with Gasteiger partial charge in [-0.1, -0.05) is 12.1 Å². The van der Waals surface area contributed by atoms with Crippen LogP contribution in [0.3, 0.4) is 0 Å². The van der Waals surface area contributed by atoms with E-state index in [0.29, 0.717) is 5.76 Å². The third kappa shape index (κ3) is 4.14. The van der Waals surface area contributed by atoms with Crippen molar-refractivity contribution in [2.75, 3.05) is 0 Å². The van der Waals surface area contributed by atoms with Crippen molar-refractivity contribution in [3.8, 4) is 5.69 Å². The molecule has 0 radical (unpaired) electrons. The van der Waals surface area contributed by atoms with E-state index in [2.05, 4.69) is 10.4 Å². The molecular formula is C21H19N5O4. The van der Waals surface area contributed by atoms with Crippen LogP contribution in [0.25, 0.3) is 5.69 Å². The zero-order chi connectivity index (χ0) is 21.1. The molecule has 1 atom stereocenters. The van der Waals surface area contributed by atoms with Crippen molar-refractivity contribution in [1.82, 2.24) is 19.7 Å². The van der Waals surface area contributed by atoms with Crippen LogP contribution in [0.2, 0.25) is 0 Å². The van der Waals surface area contributed by atoms with Crippen molar-refractivity contribution in [3.05, 3.63) is 101 Å². The number of nitro groups is 1. The van der Waals surface area contributed by atoms with Gasteiger partial charge < -0.3 is 14.3 Å². The van der Waals surface area contributed by atoms with Crippen LogP contribution in [-0.4, -0.2) is 25.2 Å². The lowest BCUT2D eigenvalue weighted by atomic mass is 10.1. The summed E-state index contributed by atoms with van der Waals surface area (Å²) >= 11 is 0. The maximum absolute atomic E-state index is 12.6. The standard InChI is InChI=1S/C21H19N5O4/c1-15(16-5-4-6-17(11-16)24-9-2-3-10-24)23-21(27)20-8-7-19(30-20)14-25-13-18(12-22-25)26(28)29/h2-13,15H,14H2,1H3,(H,23,27). The number of benzene rings is 1. The Morgan fingerprint density at radius 3 is 2.77 bits per heavy atom. The largest absolute Gasteiger partial charge is 0.454 e. The van der Waals surface area contributed by atoms with Crippen LogP contribution in [-0.2, 0) is 6.54 Å². The van der Waals surface area contributed by atoms with Gasteiger partial charge in [0.25, 0.3) is 5.91 Å². The van der Waals surface area contributed by atoms with E-state index < -0.39 is 4.92 Å². The molecule has 3 aromatic heterocycles. The maximum atomic E-state index is 12.6. The van der Waals surface area contributed by atoms with Gasteiger partial charge in [0.1, 0.15) is 18.2 Å². The molecule has 0 aliphatic rings. The van der Waals surface area contributed by atoms with Gasteiger partial charge in [0, 0.05) is 18.1 Å². The summed E-state index contributed by atoms with van der Waals surface area (Å²) in [6.45, 7) is 2.09. The number of hydrogen-bond acceptors (Lipinski definition) is 5. The van der Waals surface area contributed by atoms with Gasteiger partial charge in [-0.25, -0.2) is 0 Å². The third-order valence-corrected chi connectivity index (χ3v) is 4.65. The summed E-state index contributed by atoms with van der Waals surface area (Å²) < 4.78 is 8.97. The number of aromatic nitrogens is 3. The Kier molecular flexibility index (Phi) is 5.17.